The number of rotatable bonds is 7. The molecule has 4 heterocycles. The molecule has 3 unspecified atom stereocenters. The van der Waals surface area contributed by atoms with Crippen molar-refractivity contribution < 1.29 is 28.5 Å². The Labute approximate surface area is 203 Å². The molecule has 1 spiro atoms. The molecule has 6 nitrogen and oxygen atoms in total. The summed E-state index contributed by atoms with van der Waals surface area (Å²) in [5.41, 5.74) is 4.37. The van der Waals surface area contributed by atoms with Crippen LogP contribution in [-0.2, 0) is 28.5 Å². The van der Waals surface area contributed by atoms with Crippen molar-refractivity contribution in [2.45, 2.75) is 109 Å². The van der Waals surface area contributed by atoms with Crippen molar-refractivity contribution in [1.29, 1.82) is 0 Å². The molecule has 186 valence electrons. The molecule has 0 amide bonds. The molecule has 0 aromatic heterocycles. The minimum Gasteiger partial charge on any atom is -0.367 e. The van der Waals surface area contributed by atoms with Crippen LogP contribution in [0.1, 0.15) is 67.2 Å². The molecule has 0 radical (unpaired) electrons. The SMILES string of the molecule is CC1=C[C@]2(C=C(COC3OC3C)[C@H]3CC(=O)C(C)=C[C@H]3O2)O[C@H](/C=C(\C)CCC2OC2(C)C)C1. The molecular formula is C28H38O6. The average molecular weight is 471 g/mol. The van der Waals surface area contributed by atoms with E-state index >= 15 is 0 Å². The number of hydrogen-bond donors (Lipinski definition) is 0. The smallest absolute Gasteiger partial charge is 0.209 e. The molecule has 5 aliphatic rings. The zero-order chi connectivity index (χ0) is 24.3. The fourth-order valence-corrected chi connectivity index (χ4v) is 5.43. The molecule has 0 bridgehead atoms. The normalized spacial score (nSPS) is 40.9. The summed E-state index contributed by atoms with van der Waals surface area (Å²) < 4.78 is 30.3. The van der Waals surface area contributed by atoms with E-state index in [0.29, 0.717) is 19.1 Å². The Kier molecular flexibility index (Phi) is 6.26. The topological polar surface area (TPSA) is 69.8 Å². The summed E-state index contributed by atoms with van der Waals surface area (Å²) in [6.07, 6.45) is 11.6. The Balaban J connectivity index is 1.35. The zero-order valence-electron chi connectivity index (χ0n) is 21.3. The Hall–Kier alpha value is -1.57. The number of hydrogen-bond acceptors (Lipinski definition) is 6. The fourth-order valence-electron chi connectivity index (χ4n) is 5.43. The van der Waals surface area contributed by atoms with Crippen LogP contribution in [0.4, 0.5) is 0 Å². The van der Waals surface area contributed by atoms with Gasteiger partial charge in [-0.15, -0.1) is 0 Å². The molecule has 1 aliphatic carbocycles. The number of Topliss-reactive ketones (excluding diaryl/α,β-unsaturated/α-hetero) is 1. The quantitative estimate of drug-likeness (QED) is 0.388. The third kappa shape index (κ3) is 5.17. The summed E-state index contributed by atoms with van der Waals surface area (Å²) in [7, 11) is 0. The van der Waals surface area contributed by atoms with Crippen molar-refractivity contribution in [2.75, 3.05) is 6.61 Å². The van der Waals surface area contributed by atoms with Crippen molar-refractivity contribution in [3.63, 3.8) is 0 Å². The van der Waals surface area contributed by atoms with E-state index in [9.17, 15) is 4.79 Å². The van der Waals surface area contributed by atoms with Gasteiger partial charge in [0.15, 0.2) is 12.1 Å². The maximum Gasteiger partial charge on any atom is 0.209 e. The van der Waals surface area contributed by atoms with Gasteiger partial charge in [0, 0.05) is 12.3 Å². The molecule has 7 atom stereocenters. The summed E-state index contributed by atoms with van der Waals surface area (Å²) >= 11 is 0. The van der Waals surface area contributed by atoms with E-state index in [1.54, 1.807) is 0 Å². The number of carbonyl (C=O) groups excluding carboxylic acids is 1. The number of fused-ring (bicyclic) bond motifs is 1. The van der Waals surface area contributed by atoms with Gasteiger partial charge in [-0.25, -0.2) is 0 Å². The van der Waals surface area contributed by atoms with Gasteiger partial charge >= 0.3 is 0 Å². The van der Waals surface area contributed by atoms with E-state index in [1.165, 1.54) is 11.1 Å². The number of allylic oxidation sites excluding steroid dienone is 2. The molecule has 0 aromatic rings. The van der Waals surface area contributed by atoms with Gasteiger partial charge in [-0.2, -0.15) is 0 Å². The van der Waals surface area contributed by atoms with E-state index in [4.69, 9.17) is 23.7 Å². The Morgan fingerprint density at radius 3 is 2.59 bits per heavy atom. The van der Waals surface area contributed by atoms with Gasteiger partial charge in [0.1, 0.15) is 6.10 Å². The summed E-state index contributed by atoms with van der Waals surface area (Å²) in [5.74, 6) is -0.829. The lowest BCUT2D eigenvalue weighted by Crippen LogP contribution is -2.49. The first-order valence-electron chi connectivity index (χ1n) is 12.6. The van der Waals surface area contributed by atoms with Crippen molar-refractivity contribution in [3.05, 3.63) is 46.6 Å². The standard InChI is InChI=1S/C28H38O6/c1-16(7-8-25-27(5,6)34-25)9-21-10-17(2)13-28(32-21)14-20(15-30-26-19(4)31-26)22-12-23(29)18(3)11-24(22)33-28/h9,11,13-14,19,21-22,24-26H,7-8,10,12,15H2,1-6H3/b16-9+/t19?,21-,22-,24-,25?,26?,28+/m1/s1. The molecular weight excluding hydrogens is 432 g/mol. The van der Waals surface area contributed by atoms with E-state index in [2.05, 4.69) is 39.8 Å². The molecule has 0 aromatic carbocycles. The van der Waals surface area contributed by atoms with Crippen LogP contribution in [0.5, 0.6) is 0 Å². The Bertz CT molecular complexity index is 971. The Morgan fingerprint density at radius 1 is 1.18 bits per heavy atom. The molecule has 5 rings (SSSR count). The van der Waals surface area contributed by atoms with Gasteiger partial charge in [-0.05, 0) is 90.2 Å². The van der Waals surface area contributed by atoms with Crippen LogP contribution in [0.25, 0.3) is 0 Å². The van der Waals surface area contributed by atoms with Crippen molar-refractivity contribution in [3.8, 4) is 0 Å². The van der Waals surface area contributed by atoms with E-state index in [-0.39, 0.29) is 41.9 Å². The van der Waals surface area contributed by atoms with Gasteiger partial charge in [0.2, 0.25) is 5.79 Å². The van der Waals surface area contributed by atoms with Crippen LogP contribution in [-0.4, -0.2) is 54.5 Å². The van der Waals surface area contributed by atoms with Crippen LogP contribution in [0, 0.1) is 5.92 Å². The van der Waals surface area contributed by atoms with Gasteiger partial charge in [0.25, 0.3) is 0 Å². The largest absolute Gasteiger partial charge is 0.367 e. The maximum absolute atomic E-state index is 12.5. The first-order valence-corrected chi connectivity index (χ1v) is 12.6. The summed E-state index contributed by atoms with van der Waals surface area (Å²) in [4.78, 5) is 12.5. The summed E-state index contributed by atoms with van der Waals surface area (Å²) in [5, 5.41) is 0. The van der Waals surface area contributed by atoms with Gasteiger partial charge in [-0.1, -0.05) is 17.2 Å². The van der Waals surface area contributed by atoms with Gasteiger partial charge in [-0.3, -0.25) is 4.79 Å². The summed E-state index contributed by atoms with van der Waals surface area (Å²) in [6.45, 7) is 12.9. The zero-order valence-corrected chi connectivity index (χ0v) is 21.3. The highest BCUT2D eigenvalue weighted by molar-refractivity contribution is 5.96. The fraction of sp³-hybridized carbons (Fsp3) is 0.679. The number of carbonyl (C=O) groups is 1. The molecule has 2 saturated heterocycles. The van der Waals surface area contributed by atoms with Gasteiger partial charge < -0.3 is 23.7 Å². The first kappa shape index (κ1) is 24.1. The molecule has 0 saturated carbocycles. The second-order valence-electron chi connectivity index (χ2n) is 11.2. The van der Waals surface area contributed by atoms with Crippen LogP contribution >= 0.6 is 0 Å². The molecule has 6 heteroatoms. The lowest BCUT2D eigenvalue weighted by molar-refractivity contribution is -0.225. The maximum atomic E-state index is 12.5. The van der Waals surface area contributed by atoms with Crippen LogP contribution in [0.15, 0.2) is 46.6 Å². The van der Waals surface area contributed by atoms with Gasteiger partial charge in [0.05, 0.1) is 30.5 Å². The highest BCUT2D eigenvalue weighted by Crippen LogP contribution is 2.43. The molecule has 0 N–H and O–H groups in total. The van der Waals surface area contributed by atoms with Crippen LogP contribution in [0.2, 0.25) is 0 Å². The lowest BCUT2D eigenvalue weighted by Gasteiger charge is -2.45. The molecule has 34 heavy (non-hydrogen) atoms. The average Bonchev–Trinajstić information content (AvgIpc) is 3.61. The van der Waals surface area contributed by atoms with E-state index in [1.807, 2.05) is 26.0 Å². The second-order valence-corrected chi connectivity index (χ2v) is 11.2. The van der Waals surface area contributed by atoms with Crippen molar-refractivity contribution >= 4 is 5.78 Å². The number of ether oxygens (including phenoxy) is 5. The number of ketones is 1. The van der Waals surface area contributed by atoms with Crippen molar-refractivity contribution in [1.82, 2.24) is 0 Å². The monoisotopic (exact) mass is 470 g/mol. The van der Waals surface area contributed by atoms with Crippen molar-refractivity contribution in [2.24, 2.45) is 5.92 Å². The van der Waals surface area contributed by atoms with Crippen LogP contribution < -0.4 is 0 Å². The summed E-state index contributed by atoms with van der Waals surface area (Å²) in [6, 6.07) is 0. The lowest BCUT2D eigenvalue weighted by atomic mass is 9.79. The predicted molar refractivity (Wildman–Crippen MR) is 128 cm³/mol. The van der Waals surface area contributed by atoms with E-state index < -0.39 is 5.79 Å². The second kappa shape index (κ2) is 8.82. The molecule has 4 aliphatic heterocycles. The Morgan fingerprint density at radius 2 is 1.91 bits per heavy atom. The predicted octanol–water partition coefficient (Wildman–Crippen LogP) is 4.94. The van der Waals surface area contributed by atoms with Crippen LogP contribution in [0.3, 0.4) is 0 Å². The minimum absolute atomic E-state index is 0.0249. The van der Waals surface area contributed by atoms with E-state index in [0.717, 1.165) is 30.4 Å². The first-order chi connectivity index (χ1) is 16.0. The number of epoxide rings is 2. The highest BCUT2D eigenvalue weighted by Gasteiger charge is 2.48. The highest BCUT2D eigenvalue weighted by atomic mass is 16.8. The molecule has 2 fully saturated rings. The third-order valence-electron chi connectivity index (χ3n) is 7.65. The third-order valence-corrected chi connectivity index (χ3v) is 7.65. The minimum atomic E-state index is -0.960.